The topological polar surface area (TPSA) is 39.4 Å². The van der Waals surface area contributed by atoms with Gasteiger partial charge in [0.15, 0.2) is 5.65 Å². The van der Waals surface area contributed by atoms with Gasteiger partial charge in [0, 0.05) is 11.3 Å². The summed E-state index contributed by atoms with van der Waals surface area (Å²) >= 11 is 0. The Labute approximate surface area is 88.2 Å². The number of fused-ring (bicyclic) bond motifs is 1. The summed E-state index contributed by atoms with van der Waals surface area (Å²) in [7, 11) is 1.59. The molecule has 2 aromatic rings. The van der Waals surface area contributed by atoms with Gasteiger partial charge < -0.3 is 4.74 Å². The van der Waals surface area contributed by atoms with E-state index in [0.717, 1.165) is 22.6 Å². The van der Waals surface area contributed by atoms with Crippen molar-refractivity contribution in [3.63, 3.8) is 0 Å². The summed E-state index contributed by atoms with van der Waals surface area (Å²) in [5.41, 5.74) is 3.67. The van der Waals surface area contributed by atoms with Crippen LogP contribution in [0.1, 0.15) is 17.0 Å². The lowest BCUT2D eigenvalue weighted by atomic mass is 10.3. The summed E-state index contributed by atoms with van der Waals surface area (Å²) in [5.74, 6) is 0.571. The van der Waals surface area contributed by atoms with Crippen LogP contribution in [-0.4, -0.2) is 21.7 Å². The lowest BCUT2D eigenvalue weighted by molar-refractivity contribution is 0.369. The second-order valence-electron chi connectivity index (χ2n) is 3.47. The summed E-state index contributed by atoms with van der Waals surface area (Å²) < 4.78 is 6.88. The Morgan fingerprint density at radius 2 is 2.20 bits per heavy atom. The molecule has 4 heteroatoms. The van der Waals surface area contributed by atoms with Crippen molar-refractivity contribution in [1.29, 1.82) is 0 Å². The van der Waals surface area contributed by atoms with Crippen LogP contribution in [0.15, 0.2) is 18.8 Å². The van der Waals surface area contributed by atoms with Crippen molar-refractivity contribution in [3.05, 3.63) is 35.8 Å². The van der Waals surface area contributed by atoms with Crippen LogP contribution in [0.25, 0.3) is 11.4 Å². The largest absolute Gasteiger partial charge is 0.495 e. The van der Waals surface area contributed by atoms with Crippen molar-refractivity contribution >= 4 is 11.4 Å². The second-order valence-corrected chi connectivity index (χ2v) is 3.47. The van der Waals surface area contributed by atoms with E-state index >= 15 is 0 Å². The quantitative estimate of drug-likeness (QED) is 0.700. The average Bonchev–Trinajstić information content (AvgIpc) is 2.60. The summed E-state index contributed by atoms with van der Waals surface area (Å²) in [6.07, 6.45) is 1.80. The van der Waals surface area contributed by atoms with E-state index in [4.69, 9.17) is 4.74 Å². The highest BCUT2D eigenvalue weighted by Gasteiger charge is 2.08. The molecule has 0 atom stereocenters. The third-order valence-corrected chi connectivity index (χ3v) is 2.36. The molecular formula is C11H13N3O. The van der Waals surface area contributed by atoms with Crippen molar-refractivity contribution < 1.29 is 4.74 Å². The fourth-order valence-corrected chi connectivity index (χ4v) is 1.47. The minimum atomic E-state index is 0.571. The fraction of sp³-hybridized carbons (Fsp3) is 0.273. The van der Waals surface area contributed by atoms with Gasteiger partial charge in [-0.15, -0.1) is 0 Å². The Hall–Kier alpha value is -1.84. The number of rotatable bonds is 2. The Morgan fingerprint density at radius 3 is 2.87 bits per heavy atom. The van der Waals surface area contributed by atoms with E-state index in [2.05, 4.69) is 16.7 Å². The predicted octanol–water partition coefficient (Wildman–Crippen LogP) is 1.96. The van der Waals surface area contributed by atoms with Crippen LogP contribution < -0.4 is 0 Å². The first-order valence-corrected chi connectivity index (χ1v) is 4.68. The molecule has 15 heavy (non-hydrogen) atoms. The van der Waals surface area contributed by atoms with Crippen LogP contribution in [-0.2, 0) is 4.74 Å². The maximum absolute atomic E-state index is 5.07. The van der Waals surface area contributed by atoms with E-state index in [1.165, 1.54) is 0 Å². The van der Waals surface area contributed by atoms with Gasteiger partial charge in [-0.2, -0.15) is 5.10 Å². The van der Waals surface area contributed by atoms with Gasteiger partial charge in [-0.1, -0.05) is 6.58 Å². The molecule has 2 rings (SSSR count). The third-order valence-electron chi connectivity index (χ3n) is 2.36. The van der Waals surface area contributed by atoms with Crippen molar-refractivity contribution in [2.45, 2.75) is 13.8 Å². The first-order chi connectivity index (χ1) is 7.13. The molecule has 0 spiro atoms. The number of aryl methyl sites for hydroxylation is 2. The fourth-order valence-electron chi connectivity index (χ4n) is 1.47. The predicted molar refractivity (Wildman–Crippen MR) is 58.5 cm³/mol. The Bertz CT molecular complexity index is 528. The molecule has 78 valence electrons. The highest BCUT2D eigenvalue weighted by atomic mass is 16.5. The molecule has 0 saturated carbocycles. The Balaban J connectivity index is 2.70. The second kappa shape index (κ2) is 3.38. The van der Waals surface area contributed by atoms with E-state index in [-0.39, 0.29) is 0 Å². The zero-order valence-electron chi connectivity index (χ0n) is 9.11. The molecule has 0 bridgehead atoms. The monoisotopic (exact) mass is 203 g/mol. The smallest absolute Gasteiger partial charge is 0.158 e. The van der Waals surface area contributed by atoms with Crippen molar-refractivity contribution in [2.75, 3.05) is 7.11 Å². The minimum Gasteiger partial charge on any atom is -0.495 e. The van der Waals surface area contributed by atoms with Crippen LogP contribution in [0.5, 0.6) is 0 Å². The molecule has 0 fully saturated rings. The zero-order chi connectivity index (χ0) is 11.0. The summed E-state index contributed by atoms with van der Waals surface area (Å²) in [5, 5.41) is 4.23. The van der Waals surface area contributed by atoms with E-state index < -0.39 is 0 Å². The van der Waals surface area contributed by atoms with Gasteiger partial charge in [-0.25, -0.2) is 9.50 Å². The molecule has 2 heterocycles. The molecule has 0 aliphatic heterocycles. The Morgan fingerprint density at radius 1 is 1.47 bits per heavy atom. The minimum absolute atomic E-state index is 0.571. The standard InChI is InChI=1S/C11H13N3O/c1-7-6-12-14-8(2)5-10(9(3)15-4)13-11(7)14/h5-6H,3H2,1-2,4H3. The van der Waals surface area contributed by atoms with Gasteiger partial charge in [-0.05, 0) is 19.9 Å². The van der Waals surface area contributed by atoms with Crippen molar-refractivity contribution in [1.82, 2.24) is 14.6 Å². The molecule has 0 aliphatic carbocycles. The van der Waals surface area contributed by atoms with Crippen LogP contribution in [0.3, 0.4) is 0 Å². The van der Waals surface area contributed by atoms with Gasteiger partial charge in [-0.3, -0.25) is 0 Å². The van der Waals surface area contributed by atoms with Gasteiger partial charge in [0.1, 0.15) is 11.5 Å². The SMILES string of the molecule is C=C(OC)c1cc(C)n2ncc(C)c2n1. The molecule has 0 aromatic carbocycles. The number of ether oxygens (including phenoxy) is 1. The van der Waals surface area contributed by atoms with Gasteiger partial charge >= 0.3 is 0 Å². The van der Waals surface area contributed by atoms with Gasteiger partial charge in [0.2, 0.25) is 0 Å². The highest BCUT2D eigenvalue weighted by Crippen LogP contribution is 2.16. The van der Waals surface area contributed by atoms with E-state index in [9.17, 15) is 0 Å². The van der Waals surface area contributed by atoms with Crippen molar-refractivity contribution in [2.24, 2.45) is 0 Å². The maximum atomic E-state index is 5.07. The van der Waals surface area contributed by atoms with Crippen LogP contribution in [0.2, 0.25) is 0 Å². The van der Waals surface area contributed by atoms with Gasteiger partial charge in [0.05, 0.1) is 13.3 Å². The lowest BCUT2D eigenvalue weighted by Gasteiger charge is -2.06. The van der Waals surface area contributed by atoms with E-state index in [1.807, 2.05) is 24.4 Å². The van der Waals surface area contributed by atoms with E-state index in [1.54, 1.807) is 13.3 Å². The molecule has 0 radical (unpaired) electrons. The number of nitrogens with zero attached hydrogens (tertiary/aromatic N) is 3. The Kier molecular flexibility index (Phi) is 2.19. The highest BCUT2D eigenvalue weighted by molar-refractivity contribution is 5.58. The molecule has 0 amide bonds. The maximum Gasteiger partial charge on any atom is 0.158 e. The molecule has 0 N–H and O–H groups in total. The molecule has 0 aliphatic rings. The van der Waals surface area contributed by atoms with Crippen LogP contribution in [0, 0.1) is 13.8 Å². The molecule has 2 aromatic heterocycles. The van der Waals surface area contributed by atoms with E-state index in [0.29, 0.717) is 5.76 Å². The summed E-state index contributed by atoms with van der Waals surface area (Å²) in [6.45, 7) is 7.75. The summed E-state index contributed by atoms with van der Waals surface area (Å²) in [4.78, 5) is 4.44. The molecule has 4 nitrogen and oxygen atoms in total. The first-order valence-electron chi connectivity index (χ1n) is 4.68. The summed E-state index contributed by atoms with van der Waals surface area (Å²) in [6, 6.07) is 1.91. The number of methoxy groups -OCH3 is 1. The molecular weight excluding hydrogens is 190 g/mol. The first kappa shape index (κ1) is 9.71. The average molecular weight is 203 g/mol. The number of hydrogen-bond acceptors (Lipinski definition) is 3. The van der Waals surface area contributed by atoms with Gasteiger partial charge in [0.25, 0.3) is 0 Å². The van der Waals surface area contributed by atoms with Crippen LogP contribution >= 0.6 is 0 Å². The number of hydrogen-bond donors (Lipinski definition) is 0. The molecule has 0 saturated heterocycles. The zero-order valence-corrected chi connectivity index (χ0v) is 9.11. The number of aromatic nitrogens is 3. The third kappa shape index (κ3) is 1.48. The molecule has 0 unspecified atom stereocenters. The normalized spacial score (nSPS) is 10.6. The lowest BCUT2D eigenvalue weighted by Crippen LogP contribution is -2.00. The van der Waals surface area contributed by atoms with Crippen molar-refractivity contribution in [3.8, 4) is 0 Å². The van der Waals surface area contributed by atoms with Crippen LogP contribution in [0.4, 0.5) is 0 Å².